The van der Waals surface area contributed by atoms with Crippen LogP contribution in [-0.4, -0.2) is 30.4 Å². The third kappa shape index (κ3) is 2.32. The topological polar surface area (TPSA) is 46.3 Å². The van der Waals surface area contributed by atoms with Crippen molar-refractivity contribution in [3.63, 3.8) is 0 Å². The Morgan fingerprint density at radius 3 is 2.86 bits per heavy atom. The van der Waals surface area contributed by atoms with E-state index in [2.05, 4.69) is 0 Å². The van der Waals surface area contributed by atoms with Crippen LogP contribution < -0.4 is 5.73 Å². The molecule has 3 nitrogen and oxygen atoms in total. The van der Waals surface area contributed by atoms with Gasteiger partial charge in [-0.1, -0.05) is 0 Å². The van der Waals surface area contributed by atoms with Crippen molar-refractivity contribution >= 4 is 5.91 Å². The maximum atomic E-state index is 12.9. The highest BCUT2D eigenvalue weighted by atomic mass is 19.1. The van der Waals surface area contributed by atoms with Gasteiger partial charge in [0, 0.05) is 13.1 Å². The summed E-state index contributed by atoms with van der Waals surface area (Å²) in [6.07, 6.45) is 2.12. The molecule has 0 aromatic carbocycles. The molecule has 1 heterocycles. The molecule has 4 heteroatoms. The monoisotopic (exact) mass is 200 g/mol. The van der Waals surface area contributed by atoms with Gasteiger partial charge in [-0.25, -0.2) is 4.39 Å². The molecule has 14 heavy (non-hydrogen) atoms. The van der Waals surface area contributed by atoms with Gasteiger partial charge in [-0.05, 0) is 26.3 Å². The minimum atomic E-state index is -0.586. The van der Waals surface area contributed by atoms with Crippen LogP contribution in [0.5, 0.6) is 0 Å². The summed E-state index contributed by atoms with van der Waals surface area (Å²) in [5, 5.41) is 0. The van der Waals surface area contributed by atoms with E-state index < -0.39 is 5.41 Å². The quantitative estimate of drug-likeness (QED) is 0.724. The smallest absolute Gasteiger partial charge is 0.229 e. The van der Waals surface area contributed by atoms with E-state index in [-0.39, 0.29) is 24.8 Å². The number of halogens is 1. The summed E-state index contributed by atoms with van der Waals surface area (Å²) in [5.41, 5.74) is 4.91. The summed E-state index contributed by atoms with van der Waals surface area (Å²) in [4.78, 5) is 13.4. The molecule has 0 atom stereocenters. The molecule has 1 aliphatic heterocycles. The Morgan fingerprint density at radius 2 is 2.36 bits per heavy atom. The highest BCUT2D eigenvalue weighted by Crippen LogP contribution is 2.20. The van der Waals surface area contributed by atoms with Crippen LogP contribution in [0.2, 0.25) is 0 Å². The minimum absolute atomic E-state index is 0.0664. The van der Waals surface area contributed by atoms with E-state index in [9.17, 15) is 9.18 Å². The predicted octanol–water partition coefficient (Wildman–Crippen LogP) is 1.06. The number of nitrogens with two attached hydrogens (primary N) is 1. The molecule has 0 aromatic rings. The van der Waals surface area contributed by atoms with Crippen molar-refractivity contribution < 1.29 is 9.18 Å². The Bertz CT molecular complexity index is 261. The SMILES string of the molecule is CC(C)(CN)C(=O)N1CCC=C(F)C1. The van der Waals surface area contributed by atoms with Gasteiger partial charge < -0.3 is 10.6 Å². The molecular weight excluding hydrogens is 183 g/mol. The Kier molecular flexibility index (Phi) is 3.26. The van der Waals surface area contributed by atoms with Crippen molar-refractivity contribution in [2.75, 3.05) is 19.6 Å². The predicted molar refractivity (Wildman–Crippen MR) is 53.2 cm³/mol. The molecule has 0 saturated heterocycles. The lowest BCUT2D eigenvalue weighted by Crippen LogP contribution is -2.46. The number of carbonyl (C=O) groups excluding carboxylic acids is 1. The van der Waals surface area contributed by atoms with Crippen LogP contribution >= 0.6 is 0 Å². The van der Waals surface area contributed by atoms with E-state index in [0.717, 1.165) is 0 Å². The van der Waals surface area contributed by atoms with Gasteiger partial charge in [0.15, 0.2) is 0 Å². The molecule has 0 aromatic heterocycles. The Labute approximate surface area is 83.8 Å². The molecule has 0 radical (unpaired) electrons. The van der Waals surface area contributed by atoms with Crippen LogP contribution in [0.25, 0.3) is 0 Å². The number of hydrogen-bond donors (Lipinski definition) is 1. The zero-order chi connectivity index (χ0) is 10.8. The van der Waals surface area contributed by atoms with Gasteiger partial charge >= 0.3 is 0 Å². The highest BCUT2D eigenvalue weighted by Gasteiger charge is 2.31. The molecule has 1 aliphatic rings. The lowest BCUT2D eigenvalue weighted by atomic mass is 9.91. The van der Waals surface area contributed by atoms with Crippen molar-refractivity contribution in [2.24, 2.45) is 11.1 Å². The van der Waals surface area contributed by atoms with Gasteiger partial charge in [-0.15, -0.1) is 0 Å². The van der Waals surface area contributed by atoms with Crippen LogP contribution in [0.3, 0.4) is 0 Å². The summed E-state index contributed by atoms with van der Waals surface area (Å²) in [7, 11) is 0. The molecule has 1 rings (SSSR count). The average molecular weight is 200 g/mol. The van der Waals surface area contributed by atoms with E-state index in [0.29, 0.717) is 13.0 Å². The summed E-state index contributed by atoms with van der Waals surface area (Å²) in [6, 6.07) is 0. The highest BCUT2D eigenvalue weighted by molar-refractivity contribution is 5.82. The molecule has 2 N–H and O–H groups in total. The summed E-state index contributed by atoms with van der Waals surface area (Å²) >= 11 is 0. The van der Waals surface area contributed by atoms with Crippen LogP contribution in [0.1, 0.15) is 20.3 Å². The lowest BCUT2D eigenvalue weighted by Gasteiger charge is -2.32. The minimum Gasteiger partial charge on any atom is -0.335 e. The van der Waals surface area contributed by atoms with Crippen LogP contribution in [0, 0.1) is 5.41 Å². The number of nitrogens with zero attached hydrogens (tertiary/aromatic N) is 1. The van der Waals surface area contributed by atoms with Gasteiger partial charge in [-0.3, -0.25) is 4.79 Å². The third-order valence-corrected chi connectivity index (χ3v) is 2.48. The van der Waals surface area contributed by atoms with Crippen molar-refractivity contribution in [3.05, 3.63) is 11.9 Å². The summed E-state index contributed by atoms with van der Waals surface area (Å²) < 4.78 is 12.9. The number of hydrogen-bond acceptors (Lipinski definition) is 2. The van der Waals surface area contributed by atoms with Crippen molar-refractivity contribution in [2.45, 2.75) is 20.3 Å². The van der Waals surface area contributed by atoms with Crippen LogP contribution in [0.15, 0.2) is 11.9 Å². The van der Waals surface area contributed by atoms with E-state index in [1.807, 2.05) is 0 Å². The number of amides is 1. The molecule has 0 fully saturated rings. The maximum Gasteiger partial charge on any atom is 0.229 e. The third-order valence-electron chi connectivity index (χ3n) is 2.48. The molecule has 0 saturated carbocycles. The van der Waals surface area contributed by atoms with Gasteiger partial charge in [0.1, 0.15) is 5.83 Å². The fourth-order valence-corrected chi connectivity index (χ4v) is 1.39. The fraction of sp³-hybridized carbons (Fsp3) is 0.700. The first-order chi connectivity index (χ1) is 6.47. The van der Waals surface area contributed by atoms with Crippen LogP contribution in [-0.2, 0) is 4.79 Å². The first-order valence-electron chi connectivity index (χ1n) is 4.81. The second-order valence-corrected chi connectivity index (χ2v) is 4.25. The van der Waals surface area contributed by atoms with E-state index in [1.54, 1.807) is 13.8 Å². The van der Waals surface area contributed by atoms with E-state index >= 15 is 0 Å². The molecule has 80 valence electrons. The maximum absolute atomic E-state index is 12.9. The van der Waals surface area contributed by atoms with Gasteiger partial charge in [0.2, 0.25) is 5.91 Å². The van der Waals surface area contributed by atoms with E-state index in [1.165, 1.54) is 11.0 Å². The fourth-order valence-electron chi connectivity index (χ4n) is 1.39. The second-order valence-electron chi connectivity index (χ2n) is 4.25. The zero-order valence-corrected chi connectivity index (χ0v) is 8.72. The summed E-state index contributed by atoms with van der Waals surface area (Å²) in [6.45, 7) is 4.54. The van der Waals surface area contributed by atoms with E-state index in [4.69, 9.17) is 5.73 Å². The first-order valence-corrected chi connectivity index (χ1v) is 4.81. The Balaban J connectivity index is 2.67. The zero-order valence-electron chi connectivity index (χ0n) is 8.72. The Hall–Kier alpha value is -0.900. The van der Waals surface area contributed by atoms with Gasteiger partial charge in [0.05, 0.1) is 12.0 Å². The molecule has 1 amide bonds. The standard InChI is InChI=1S/C10H17FN2O/c1-10(2,7-12)9(14)13-5-3-4-8(11)6-13/h4H,3,5-7,12H2,1-2H3. The van der Waals surface area contributed by atoms with Gasteiger partial charge in [-0.2, -0.15) is 0 Å². The average Bonchev–Trinajstić information content (AvgIpc) is 2.16. The summed E-state index contributed by atoms with van der Waals surface area (Å²) in [5.74, 6) is -0.291. The van der Waals surface area contributed by atoms with Gasteiger partial charge in [0.25, 0.3) is 0 Å². The second kappa shape index (κ2) is 4.09. The first kappa shape index (κ1) is 11.2. The number of rotatable bonds is 2. The molecule has 0 aliphatic carbocycles. The van der Waals surface area contributed by atoms with Crippen LogP contribution in [0.4, 0.5) is 4.39 Å². The number of carbonyl (C=O) groups is 1. The van der Waals surface area contributed by atoms with Crippen molar-refractivity contribution in [3.8, 4) is 0 Å². The van der Waals surface area contributed by atoms with Crippen molar-refractivity contribution in [1.82, 2.24) is 4.90 Å². The lowest BCUT2D eigenvalue weighted by molar-refractivity contribution is -0.139. The molecule has 0 spiro atoms. The molecule has 0 unspecified atom stereocenters. The van der Waals surface area contributed by atoms with Crippen molar-refractivity contribution in [1.29, 1.82) is 0 Å². The normalized spacial score (nSPS) is 18.0. The largest absolute Gasteiger partial charge is 0.335 e. The molecule has 0 bridgehead atoms. The molecular formula is C10H17FN2O. The Morgan fingerprint density at radius 1 is 1.71 bits per heavy atom.